The van der Waals surface area contributed by atoms with Crippen molar-refractivity contribution in [1.82, 2.24) is 0 Å². The van der Waals surface area contributed by atoms with Crippen molar-refractivity contribution in [2.24, 2.45) is 5.73 Å². The number of nitrogens with two attached hydrogens (primary N) is 1. The minimum Gasteiger partial charge on any atom is -0.664 e. The molecule has 0 radical (unpaired) electrons. The summed E-state index contributed by atoms with van der Waals surface area (Å²) >= 11 is 0. The van der Waals surface area contributed by atoms with Gasteiger partial charge in [0.15, 0.2) is 0 Å². The van der Waals surface area contributed by atoms with Gasteiger partial charge in [-0.3, -0.25) is 0 Å². The van der Waals surface area contributed by atoms with E-state index >= 15 is 0 Å². The first-order chi connectivity index (χ1) is 7.60. The molecule has 0 aromatic heterocycles. The van der Waals surface area contributed by atoms with Crippen LogP contribution in [0.2, 0.25) is 0 Å². The second kappa shape index (κ2) is 8.45. The van der Waals surface area contributed by atoms with Gasteiger partial charge in [-0.1, -0.05) is 24.3 Å². The van der Waals surface area contributed by atoms with Crippen LogP contribution in [0.15, 0.2) is 24.3 Å². The summed E-state index contributed by atoms with van der Waals surface area (Å²) in [4.78, 5) is 10.7. The van der Waals surface area contributed by atoms with Crippen LogP contribution in [0.3, 0.4) is 0 Å². The van der Waals surface area contributed by atoms with Crippen LogP contribution in [0.4, 0.5) is 4.39 Å². The Morgan fingerprint density at radius 1 is 1.47 bits per heavy atom. The van der Waals surface area contributed by atoms with Crippen molar-refractivity contribution in [3.8, 4) is 0 Å². The fourth-order valence-corrected chi connectivity index (χ4v) is 1.46. The summed E-state index contributed by atoms with van der Waals surface area (Å²) in [6.07, 6.45) is -0.542. The number of hydrogen-bond donors (Lipinski definition) is 1. The van der Waals surface area contributed by atoms with Crippen molar-refractivity contribution in [1.29, 1.82) is 0 Å². The molecule has 6 heteroatoms. The van der Waals surface area contributed by atoms with E-state index in [1.807, 2.05) is 0 Å². The number of amides is 1. The third kappa shape index (κ3) is 4.85. The monoisotopic (exact) mass is 310 g/mol. The van der Waals surface area contributed by atoms with Gasteiger partial charge < -0.3 is 21.0 Å². The summed E-state index contributed by atoms with van der Waals surface area (Å²) in [6.45, 7) is -0.683. The van der Waals surface area contributed by atoms with Crippen LogP contribution < -0.4 is 63.9 Å². The summed E-state index contributed by atoms with van der Waals surface area (Å²) < 4.78 is 17.5. The fourth-order valence-electron chi connectivity index (χ4n) is 1.46. The largest absolute Gasteiger partial charge is 1.00 e. The molecule has 1 amide bonds. The van der Waals surface area contributed by atoms with Crippen molar-refractivity contribution in [2.45, 2.75) is 12.1 Å². The number of benzene rings is 1. The van der Waals surface area contributed by atoms with E-state index in [2.05, 4.69) is 0 Å². The van der Waals surface area contributed by atoms with Gasteiger partial charge in [0.25, 0.3) is 0 Å². The van der Waals surface area contributed by atoms with Crippen LogP contribution in [0.5, 0.6) is 0 Å². The van der Waals surface area contributed by atoms with E-state index in [1.165, 1.54) is 19.2 Å². The van der Waals surface area contributed by atoms with Crippen LogP contribution in [-0.2, 0) is 4.74 Å². The average molecular weight is 311 g/mol. The average Bonchev–Trinajstić information content (AvgIpc) is 2.30. The topological polar surface area (TPSA) is 76.1 Å². The first-order valence-corrected chi connectivity index (χ1v) is 4.80. The molecule has 0 saturated carbocycles. The van der Waals surface area contributed by atoms with E-state index < -0.39 is 24.7 Å². The maximum atomic E-state index is 12.4. The van der Waals surface area contributed by atoms with Crippen LogP contribution in [0, 0.1) is 0 Å². The van der Waals surface area contributed by atoms with Crippen molar-refractivity contribution in [3.05, 3.63) is 41.1 Å². The number of hydrogen-bond acceptors (Lipinski definition) is 3. The fraction of sp³-hybridized carbons (Fsp3) is 0.364. The molecule has 0 bridgehead atoms. The molecule has 2 unspecified atom stereocenters. The molecular formula is C11H14FN2O2Rb. The molecule has 0 saturated heterocycles. The van der Waals surface area contributed by atoms with Gasteiger partial charge in [0.05, 0.1) is 18.1 Å². The molecule has 0 aliphatic rings. The van der Waals surface area contributed by atoms with Gasteiger partial charge in [-0.2, -0.15) is 0 Å². The number of halogens is 1. The normalized spacial score (nSPS) is 13.6. The van der Waals surface area contributed by atoms with Crippen molar-refractivity contribution >= 4 is 5.91 Å². The van der Waals surface area contributed by atoms with Crippen molar-refractivity contribution < 1.29 is 72.1 Å². The van der Waals surface area contributed by atoms with E-state index in [1.54, 1.807) is 12.1 Å². The molecule has 0 aliphatic heterocycles. The molecule has 1 aromatic carbocycles. The molecular weight excluding hydrogens is 297 g/mol. The van der Waals surface area contributed by atoms with Crippen LogP contribution in [0.25, 0.3) is 5.73 Å². The molecule has 0 fully saturated rings. The van der Waals surface area contributed by atoms with Crippen molar-refractivity contribution in [3.63, 3.8) is 0 Å². The number of methoxy groups -OCH3 is 1. The third-order valence-corrected chi connectivity index (χ3v) is 2.32. The van der Waals surface area contributed by atoms with Gasteiger partial charge in [-0.15, -0.1) is 0 Å². The van der Waals surface area contributed by atoms with E-state index in [0.717, 1.165) is 0 Å². The number of rotatable bonds is 5. The van der Waals surface area contributed by atoms with E-state index in [0.29, 0.717) is 5.56 Å². The number of ether oxygens (including phenoxy) is 1. The second-order valence-electron chi connectivity index (χ2n) is 3.43. The third-order valence-electron chi connectivity index (χ3n) is 2.32. The Labute approximate surface area is 149 Å². The minimum atomic E-state index is -0.754. The Kier molecular flexibility index (Phi) is 8.62. The van der Waals surface area contributed by atoms with Crippen LogP contribution in [-0.4, -0.2) is 25.7 Å². The van der Waals surface area contributed by atoms with Gasteiger partial charge in [0, 0.05) is 7.11 Å². The molecule has 1 aromatic rings. The molecule has 0 aliphatic carbocycles. The van der Waals surface area contributed by atoms with Gasteiger partial charge in [0.2, 0.25) is 0 Å². The molecule has 2 atom stereocenters. The predicted octanol–water partition coefficient (Wildman–Crippen LogP) is -1.13. The predicted molar refractivity (Wildman–Crippen MR) is 58.8 cm³/mol. The standard InChI is InChI=1S/C11H15FN2O2.Rb/c1-16-10(9(13)6-12)7-2-4-8(5-3-7)11(14)15;/h2-5,9-10H,6,13H2,1H3,(H2,14,15);/q;+1/p-1. The number of alkyl halides is 1. The quantitative estimate of drug-likeness (QED) is 0.747. The summed E-state index contributed by atoms with van der Waals surface area (Å²) in [5, 5.41) is 0. The minimum absolute atomic E-state index is 0. The van der Waals surface area contributed by atoms with Gasteiger partial charge in [0.1, 0.15) is 6.67 Å². The second-order valence-corrected chi connectivity index (χ2v) is 3.43. The first-order valence-electron chi connectivity index (χ1n) is 4.80. The SMILES string of the molecule is COC(c1ccc(C([NH-])=O)cc1)C(N)CF.[Rb+]. The molecule has 17 heavy (non-hydrogen) atoms. The van der Waals surface area contributed by atoms with E-state index in [9.17, 15) is 9.18 Å². The molecule has 88 valence electrons. The molecule has 0 spiro atoms. The number of nitrogens with one attached hydrogen (secondary N) is 1. The Morgan fingerprint density at radius 2 is 2.00 bits per heavy atom. The van der Waals surface area contributed by atoms with Gasteiger partial charge in [-0.05, 0) is 11.1 Å². The number of carbonyl (C=O) groups is 1. The Hall–Kier alpha value is 0.345. The summed E-state index contributed by atoms with van der Waals surface area (Å²) in [6, 6.07) is 5.50. The van der Waals surface area contributed by atoms with E-state index in [4.69, 9.17) is 16.2 Å². The van der Waals surface area contributed by atoms with Gasteiger partial charge >= 0.3 is 58.2 Å². The number of carbonyl (C=O) groups excluding carboxylic acids is 1. The molecule has 3 N–H and O–H groups in total. The van der Waals surface area contributed by atoms with Gasteiger partial charge in [-0.25, -0.2) is 4.39 Å². The van der Waals surface area contributed by atoms with Crippen LogP contribution >= 0.6 is 0 Å². The smallest absolute Gasteiger partial charge is 0.664 e. The Balaban J connectivity index is 0.00000256. The zero-order valence-corrected chi connectivity index (χ0v) is 14.9. The Morgan fingerprint density at radius 3 is 2.35 bits per heavy atom. The van der Waals surface area contributed by atoms with Crippen molar-refractivity contribution in [2.75, 3.05) is 13.8 Å². The zero-order valence-electron chi connectivity index (χ0n) is 9.94. The molecule has 0 heterocycles. The summed E-state index contributed by atoms with van der Waals surface area (Å²) in [5.41, 5.74) is 13.4. The summed E-state index contributed by atoms with van der Waals surface area (Å²) in [7, 11) is 1.45. The first kappa shape index (κ1) is 17.3. The maximum absolute atomic E-state index is 12.4. The van der Waals surface area contributed by atoms with E-state index in [-0.39, 0.29) is 63.8 Å². The zero-order chi connectivity index (χ0) is 12.1. The molecule has 1 rings (SSSR count). The Bertz CT molecular complexity index is 359. The summed E-state index contributed by atoms with van der Waals surface area (Å²) in [5.74, 6) is -0.754. The van der Waals surface area contributed by atoms with Crippen LogP contribution in [0.1, 0.15) is 22.0 Å². The molecule has 4 nitrogen and oxygen atoms in total. The maximum Gasteiger partial charge on any atom is 1.00 e.